The predicted octanol–water partition coefficient (Wildman–Crippen LogP) is 2.35. The average Bonchev–Trinajstić information content (AvgIpc) is 2.40. The smallest absolute Gasteiger partial charge is 0.220 e. The van der Waals surface area contributed by atoms with Gasteiger partial charge in [0, 0.05) is 6.42 Å². The fraction of sp³-hybridized carbons (Fsp3) is 0.562. The summed E-state index contributed by atoms with van der Waals surface area (Å²) in [6, 6.07) is 8.11. The van der Waals surface area contributed by atoms with Gasteiger partial charge in [0.05, 0.1) is 12.1 Å². The molecule has 3 heteroatoms. The molecule has 2 atom stereocenters. The maximum Gasteiger partial charge on any atom is 0.220 e. The van der Waals surface area contributed by atoms with Gasteiger partial charge in [-0.05, 0) is 37.3 Å². The van der Waals surface area contributed by atoms with E-state index in [-0.39, 0.29) is 18.1 Å². The number of aryl methyl sites for hydroxylation is 2. The first-order valence-electron chi connectivity index (χ1n) is 7.19. The highest BCUT2D eigenvalue weighted by Gasteiger charge is 2.24. The SMILES string of the molecule is Cc1ccccc1CCC(=O)N[C@@H]1CCCC[C@H]1O. The van der Waals surface area contributed by atoms with Crippen LogP contribution < -0.4 is 5.32 Å². The number of hydrogen-bond donors (Lipinski definition) is 2. The number of carbonyl (C=O) groups is 1. The highest BCUT2D eigenvalue weighted by molar-refractivity contribution is 5.76. The number of nitrogens with one attached hydrogen (secondary N) is 1. The lowest BCUT2D eigenvalue weighted by Crippen LogP contribution is -2.45. The molecule has 3 nitrogen and oxygen atoms in total. The lowest BCUT2D eigenvalue weighted by atomic mass is 9.92. The molecule has 1 amide bonds. The van der Waals surface area contributed by atoms with Crippen molar-refractivity contribution in [2.75, 3.05) is 0 Å². The minimum absolute atomic E-state index is 0.0434. The van der Waals surface area contributed by atoms with E-state index < -0.39 is 0 Å². The number of rotatable bonds is 4. The molecule has 1 aliphatic rings. The second-order valence-corrected chi connectivity index (χ2v) is 5.45. The topological polar surface area (TPSA) is 49.3 Å². The Morgan fingerprint density at radius 3 is 2.79 bits per heavy atom. The summed E-state index contributed by atoms with van der Waals surface area (Å²) < 4.78 is 0. The molecule has 1 saturated carbocycles. The monoisotopic (exact) mass is 261 g/mol. The number of hydrogen-bond acceptors (Lipinski definition) is 2. The summed E-state index contributed by atoms with van der Waals surface area (Å²) >= 11 is 0. The fourth-order valence-electron chi connectivity index (χ4n) is 2.70. The normalized spacial score (nSPS) is 23.1. The van der Waals surface area contributed by atoms with E-state index >= 15 is 0 Å². The van der Waals surface area contributed by atoms with Crippen molar-refractivity contribution >= 4 is 5.91 Å². The van der Waals surface area contributed by atoms with Crippen molar-refractivity contribution < 1.29 is 9.90 Å². The van der Waals surface area contributed by atoms with Crippen molar-refractivity contribution in [3.63, 3.8) is 0 Å². The van der Waals surface area contributed by atoms with E-state index in [1.54, 1.807) is 0 Å². The second kappa shape index (κ2) is 6.71. The van der Waals surface area contributed by atoms with Crippen LogP contribution in [0.15, 0.2) is 24.3 Å². The van der Waals surface area contributed by atoms with Gasteiger partial charge < -0.3 is 10.4 Å². The van der Waals surface area contributed by atoms with Gasteiger partial charge in [0.1, 0.15) is 0 Å². The van der Waals surface area contributed by atoms with Gasteiger partial charge in [-0.25, -0.2) is 0 Å². The molecule has 0 bridgehead atoms. The van der Waals surface area contributed by atoms with Gasteiger partial charge in [-0.1, -0.05) is 37.1 Å². The number of aliphatic hydroxyl groups excluding tert-OH is 1. The highest BCUT2D eigenvalue weighted by atomic mass is 16.3. The molecule has 104 valence electrons. The molecule has 0 heterocycles. The van der Waals surface area contributed by atoms with Crippen LogP contribution in [0, 0.1) is 6.92 Å². The van der Waals surface area contributed by atoms with E-state index in [1.165, 1.54) is 11.1 Å². The Bertz CT molecular complexity index is 431. The molecule has 0 unspecified atom stereocenters. The van der Waals surface area contributed by atoms with Crippen LogP contribution in [-0.4, -0.2) is 23.2 Å². The van der Waals surface area contributed by atoms with E-state index in [9.17, 15) is 9.90 Å². The minimum Gasteiger partial charge on any atom is -0.391 e. The lowest BCUT2D eigenvalue weighted by Gasteiger charge is -2.28. The Morgan fingerprint density at radius 2 is 2.05 bits per heavy atom. The Hall–Kier alpha value is -1.35. The van der Waals surface area contributed by atoms with Gasteiger partial charge in [0.2, 0.25) is 5.91 Å². The van der Waals surface area contributed by atoms with Gasteiger partial charge in [-0.15, -0.1) is 0 Å². The van der Waals surface area contributed by atoms with Crippen molar-refractivity contribution in [1.82, 2.24) is 5.32 Å². The number of benzene rings is 1. The van der Waals surface area contributed by atoms with Crippen molar-refractivity contribution in [2.45, 2.75) is 57.6 Å². The zero-order valence-corrected chi connectivity index (χ0v) is 11.6. The summed E-state index contributed by atoms with van der Waals surface area (Å²) in [5, 5.41) is 12.8. The van der Waals surface area contributed by atoms with Crippen molar-refractivity contribution in [3.8, 4) is 0 Å². The molecule has 0 aromatic heterocycles. The first-order valence-corrected chi connectivity index (χ1v) is 7.19. The summed E-state index contributed by atoms with van der Waals surface area (Å²) in [6.45, 7) is 2.07. The third-order valence-corrected chi connectivity index (χ3v) is 3.96. The third kappa shape index (κ3) is 4.06. The van der Waals surface area contributed by atoms with E-state index in [2.05, 4.69) is 24.4 Å². The van der Waals surface area contributed by atoms with Gasteiger partial charge >= 0.3 is 0 Å². The molecule has 1 aromatic rings. The van der Waals surface area contributed by atoms with Crippen LogP contribution in [0.4, 0.5) is 0 Å². The van der Waals surface area contributed by atoms with Gasteiger partial charge in [0.25, 0.3) is 0 Å². The molecule has 2 rings (SSSR count). The Labute approximate surface area is 115 Å². The van der Waals surface area contributed by atoms with E-state index in [0.29, 0.717) is 6.42 Å². The summed E-state index contributed by atoms with van der Waals surface area (Å²) in [5.74, 6) is 0.0502. The molecule has 0 radical (unpaired) electrons. The molecular formula is C16H23NO2. The van der Waals surface area contributed by atoms with Crippen LogP contribution in [0.5, 0.6) is 0 Å². The summed E-state index contributed by atoms with van der Waals surface area (Å²) in [6.07, 6.45) is 4.77. The van der Waals surface area contributed by atoms with Gasteiger partial charge in [-0.2, -0.15) is 0 Å². The Kier molecular flexibility index (Phi) is 4.97. The van der Waals surface area contributed by atoms with Crippen LogP contribution in [0.2, 0.25) is 0 Å². The third-order valence-electron chi connectivity index (χ3n) is 3.96. The zero-order chi connectivity index (χ0) is 13.7. The maximum absolute atomic E-state index is 11.9. The summed E-state index contributed by atoms with van der Waals surface area (Å²) in [7, 11) is 0. The van der Waals surface area contributed by atoms with Crippen LogP contribution in [-0.2, 0) is 11.2 Å². The molecular weight excluding hydrogens is 238 g/mol. The molecule has 1 aliphatic carbocycles. The zero-order valence-electron chi connectivity index (χ0n) is 11.6. The fourth-order valence-corrected chi connectivity index (χ4v) is 2.70. The molecule has 2 N–H and O–H groups in total. The van der Waals surface area contributed by atoms with Crippen molar-refractivity contribution in [1.29, 1.82) is 0 Å². The molecule has 1 aromatic carbocycles. The maximum atomic E-state index is 11.9. The predicted molar refractivity (Wildman–Crippen MR) is 75.9 cm³/mol. The van der Waals surface area contributed by atoms with Crippen molar-refractivity contribution in [3.05, 3.63) is 35.4 Å². The van der Waals surface area contributed by atoms with E-state index in [0.717, 1.165) is 32.1 Å². The molecule has 0 aliphatic heterocycles. The van der Waals surface area contributed by atoms with Gasteiger partial charge in [0.15, 0.2) is 0 Å². The van der Waals surface area contributed by atoms with Crippen LogP contribution in [0.1, 0.15) is 43.2 Å². The molecule has 1 fully saturated rings. The van der Waals surface area contributed by atoms with Gasteiger partial charge in [-0.3, -0.25) is 4.79 Å². The summed E-state index contributed by atoms with van der Waals surface area (Å²) in [4.78, 5) is 11.9. The molecule has 19 heavy (non-hydrogen) atoms. The standard InChI is InChI=1S/C16H23NO2/c1-12-6-2-3-7-13(12)10-11-16(19)17-14-8-4-5-9-15(14)18/h2-3,6-7,14-15,18H,4-5,8-11H2,1H3,(H,17,19)/t14-,15-/m1/s1. The minimum atomic E-state index is -0.365. The van der Waals surface area contributed by atoms with Crippen LogP contribution >= 0.6 is 0 Å². The average molecular weight is 261 g/mol. The molecule has 0 spiro atoms. The number of carbonyl (C=O) groups excluding carboxylic acids is 1. The first kappa shape index (κ1) is 14.1. The largest absolute Gasteiger partial charge is 0.391 e. The van der Waals surface area contributed by atoms with E-state index in [1.807, 2.05) is 12.1 Å². The summed E-state index contributed by atoms with van der Waals surface area (Å²) in [5.41, 5.74) is 2.45. The number of aliphatic hydroxyl groups is 1. The second-order valence-electron chi connectivity index (χ2n) is 5.45. The van der Waals surface area contributed by atoms with Crippen LogP contribution in [0.3, 0.4) is 0 Å². The van der Waals surface area contributed by atoms with Crippen LogP contribution in [0.25, 0.3) is 0 Å². The highest BCUT2D eigenvalue weighted by Crippen LogP contribution is 2.18. The first-order chi connectivity index (χ1) is 9.16. The quantitative estimate of drug-likeness (QED) is 0.874. The lowest BCUT2D eigenvalue weighted by molar-refractivity contribution is -0.123. The Balaban J connectivity index is 1.80. The Morgan fingerprint density at radius 1 is 1.32 bits per heavy atom. The molecule has 0 saturated heterocycles. The van der Waals surface area contributed by atoms with Crippen molar-refractivity contribution in [2.24, 2.45) is 0 Å². The van der Waals surface area contributed by atoms with E-state index in [4.69, 9.17) is 0 Å². The number of amides is 1.